The predicted molar refractivity (Wildman–Crippen MR) is 117 cm³/mol. The van der Waals surface area contributed by atoms with Crippen LogP contribution in [0.15, 0.2) is 41.5 Å². The van der Waals surface area contributed by atoms with Crippen LogP contribution in [0.1, 0.15) is 50.5 Å². The number of hydrazone groups is 1. The molecule has 5 heteroatoms. The first-order chi connectivity index (χ1) is 14.2. The van der Waals surface area contributed by atoms with E-state index in [4.69, 9.17) is 14.6 Å². The molecule has 2 fully saturated rings. The second kappa shape index (κ2) is 11.1. The second-order valence-electron chi connectivity index (χ2n) is 8.13. The molecule has 3 rings (SSSR count). The monoisotopic (exact) mass is 398 g/mol. The van der Waals surface area contributed by atoms with E-state index in [1.54, 1.807) is 7.11 Å². The quantitative estimate of drug-likeness (QED) is 0.477. The van der Waals surface area contributed by atoms with Gasteiger partial charge in [-0.05, 0) is 49.7 Å². The molecule has 0 spiro atoms. The lowest BCUT2D eigenvalue weighted by Crippen LogP contribution is -2.32. The number of nitrogens with zero attached hydrogens (tertiary/aromatic N) is 2. The van der Waals surface area contributed by atoms with Gasteiger partial charge in [0.25, 0.3) is 0 Å². The minimum atomic E-state index is -0.0699. The van der Waals surface area contributed by atoms with Crippen molar-refractivity contribution in [2.24, 2.45) is 16.9 Å². The summed E-state index contributed by atoms with van der Waals surface area (Å²) in [4.78, 5) is 12.3. The first-order valence-corrected chi connectivity index (χ1v) is 10.8. The van der Waals surface area contributed by atoms with Crippen LogP contribution in [0.4, 0.5) is 0 Å². The summed E-state index contributed by atoms with van der Waals surface area (Å²) in [6.07, 6.45) is 11.6. The predicted octanol–water partition coefficient (Wildman–Crippen LogP) is 4.54. The zero-order valence-corrected chi connectivity index (χ0v) is 17.8. The second-order valence-corrected chi connectivity index (χ2v) is 8.13. The van der Waals surface area contributed by atoms with Crippen molar-refractivity contribution < 1.29 is 14.3 Å². The summed E-state index contributed by atoms with van der Waals surface area (Å²) in [5.74, 6) is 0.204. The van der Waals surface area contributed by atoms with Crippen molar-refractivity contribution in [3.8, 4) is 0 Å². The summed E-state index contributed by atoms with van der Waals surface area (Å²) >= 11 is 0. The van der Waals surface area contributed by atoms with Gasteiger partial charge in [0.15, 0.2) is 0 Å². The van der Waals surface area contributed by atoms with Gasteiger partial charge in [-0.25, -0.2) is 0 Å². The molecule has 0 radical (unpaired) electrons. The van der Waals surface area contributed by atoms with E-state index in [-0.39, 0.29) is 11.9 Å². The minimum absolute atomic E-state index is 0.0163. The molecule has 0 aromatic heterocycles. The Bertz CT molecular complexity index is 701. The third-order valence-corrected chi connectivity index (χ3v) is 6.11. The molecule has 1 aromatic carbocycles. The van der Waals surface area contributed by atoms with E-state index >= 15 is 0 Å². The van der Waals surface area contributed by atoms with E-state index < -0.39 is 0 Å². The number of hydrogen-bond acceptors (Lipinski definition) is 5. The van der Waals surface area contributed by atoms with E-state index in [0.29, 0.717) is 18.6 Å². The third-order valence-electron chi connectivity index (χ3n) is 6.11. The highest BCUT2D eigenvalue weighted by Crippen LogP contribution is 2.34. The molecule has 1 heterocycles. The summed E-state index contributed by atoms with van der Waals surface area (Å²) in [6.45, 7) is 1.66. The Morgan fingerprint density at radius 3 is 2.69 bits per heavy atom. The highest BCUT2D eigenvalue weighted by Gasteiger charge is 2.32. The topological polar surface area (TPSA) is 51.1 Å². The highest BCUT2D eigenvalue weighted by atomic mass is 16.5. The fourth-order valence-corrected chi connectivity index (χ4v) is 4.56. The van der Waals surface area contributed by atoms with Gasteiger partial charge in [0.1, 0.15) is 0 Å². The molecular formula is C24H34N2O3. The molecule has 0 unspecified atom stereocenters. The Hall–Kier alpha value is -2.14. The Labute approximate surface area is 174 Å². The van der Waals surface area contributed by atoms with Crippen LogP contribution in [-0.4, -0.2) is 50.1 Å². The first kappa shape index (κ1) is 21.6. The number of carbonyl (C=O) groups is 1. The Kier molecular flexibility index (Phi) is 8.29. The summed E-state index contributed by atoms with van der Waals surface area (Å²) < 4.78 is 10.5. The van der Waals surface area contributed by atoms with Crippen LogP contribution < -0.4 is 0 Å². The maximum atomic E-state index is 12.3. The number of hydrogen-bond donors (Lipinski definition) is 0. The van der Waals surface area contributed by atoms with Crippen molar-refractivity contribution in [2.75, 3.05) is 27.4 Å². The molecule has 158 valence electrons. The smallest absolute Gasteiger partial charge is 0.308 e. The van der Waals surface area contributed by atoms with Crippen LogP contribution in [0.2, 0.25) is 0 Å². The van der Waals surface area contributed by atoms with Gasteiger partial charge in [0, 0.05) is 13.7 Å². The van der Waals surface area contributed by atoms with Crippen molar-refractivity contribution >= 4 is 17.8 Å². The van der Waals surface area contributed by atoms with Crippen LogP contribution in [0.3, 0.4) is 0 Å². The fourth-order valence-electron chi connectivity index (χ4n) is 4.56. The lowest BCUT2D eigenvalue weighted by atomic mass is 9.76. The maximum absolute atomic E-state index is 12.3. The number of esters is 1. The summed E-state index contributed by atoms with van der Waals surface area (Å²) in [6, 6.07) is 10.6. The number of benzene rings is 1. The number of ether oxygens (including phenoxy) is 2. The van der Waals surface area contributed by atoms with Crippen molar-refractivity contribution in [2.45, 2.75) is 51.0 Å². The fraction of sp³-hybridized carbons (Fsp3) is 0.583. The molecule has 2 aliphatic rings. The number of rotatable bonds is 8. The molecule has 1 aliphatic heterocycles. The van der Waals surface area contributed by atoms with E-state index in [2.05, 4.69) is 29.3 Å². The van der Waals surface area contributed by atoms with Crippen molar-refractivity contribution in [3.63, 3.8) is 0 Å². The molecule has 1 saturated heterocycles. The highest BCUT2D eigenvalue weighted by molar-refractivity contribution is 5.98. The first-order valence-electron chi connectivity index (χ1n) is 10.8. The molecule has 0 N–H and O–H groups in total. The third kappa shape index (κ3) is 6.17. The number of carbonyl (C=O) groups excluding carboxylic acids is 1. The van der Waals surface area contributed by atoms with E-state index in [0.717, 1.165) is 56.3 Å². The normalized spacial score (nSPS) is 25.5. The molecule has 1 saturated carbocycles. The van der Waals surface area contributed by atoms with Crippen LogP contribution in [0, 0.1) is 11.8 Å². The molecule has 0 bridgehead atoms. The number of allylic oxidation sites excluding steroid dienone is 1. The summed E-state index contributed by atoms with van der Waals surface area (Å²) in [5, 5.41) is 7.22. The van der Waals surface area contributed by atoms with Gasteiger partial charge in [-0.2, -0.15) is 5.10 Å². The van der Waals surface area contributed by atoms with E-state index in [1.165, 1.54) is 13.5 Å². The van der Waals surface area contributed by atoms with Gasteiger partial charge >= 0.3 is 5.97 Å². The van der Waals surface area contributed by atoms with E-state index in [1.807, 2.05) is 18.2 Å². The Morgan fingerprint density at radius 1 is 1.14 bits per heavy atom. The average molecular weight is 399 g/mol. The van der Waals surface area contributed by atoms with Gasteiger partial charge in [-0.1, -0.05) is 49.2 Å². The summed E-state index contributed by atoms with van der Waals surface area (Å²) in [7, 11) is 3.25. The van der Waals surface area contributed by atoms with Gasteiger partial charge in [-0.15, -0.1) is 0 Å². The Balaban J connectivity index is 1.80. The van der Waals surface area contributed by atoms with Crippen molar-refractivity contribution in [3.05, 3.63) is 42.0 Å². The molecule has 0 amide bonds. The van der Waals surface area contributed by atoms with Crippen molar-refractivity contribution in [1.29, 1.82) is 0 Å². The van der Waals surface area contributed by atoms with Gasteiger partial charge < -0.3 is 9.47 Å². The van der Waals surface area contributed by atoms with Crippen LogP contribution in [0.25, 0.3) is 6.08 Å². The maximum Gasteiger partial charge on any atom is 0.308 e. The molecule has 29 heavy (non-hydrogen) atoms. The molecule has 1 aromatic rings. The zero-order chi connectivity index (χ0) is 20.5. The van der Waals surface area contributed by atoms with Gasteiger partial charge in [0.2, 0.25) is 0 Å². The Morgan fingerprint density at radius 2 is 1.93 bits per heavy atom. The van der Waals surface area contributed by atoms with Crippen LogP contribution in [-0.2, 0) is 14.3 Å². The van der Waals surface area contributed by atoms with E-state index in [9.17, 15) is 4.79 Å². The lowest BCUT2D eigenvalue weighted by molar-refractivity contribution is -0.148. The van der Waals surface area contributed by atoms with Gasteiger partial charge in [0.05, 0.1) is 31.4 Å². The largest absolute Gasteiger partial charge is 0.469 e. The molecule has 3 atom stereocenters. The average Bonchev–Trinajstić information content (AvgIpc) is 3.19. The van der Waals surface area contributed by atoms with Crippen molar-refractivity contribution in [1.82, 2.24) is 5.01 Å². The van der Waals surface area contributed by atoms with Gasteiger partial charge in [-0.3, -0.25) is 9.80 Å². The number of methoxy groups -OCH3 is 2. The standard InChI is InChI=1S/C24H34N2O3/c1-28-18-22-12-8-16-26(22)25-21(15-14-19-9-4-3-5-10-19)17-20-11-6-7-13-23(20)24(27)29-2/h3-5,9-10,14-15,20,22-23H,6-8,11-13,16-18H2,1-2H3/b15-14+,25-21-/t20-,22+,23+/m1/s1. The minimum Gasteiger partial charge on any atom is -0.469 e. The zero-order valence-electron chi connectivity index (χ0n) is 17.8. The molecular weight excluding hydrogens is 364 g/mol. The van der Waals surface area contributed by atoms with Crippen LogP contribution >= 0.6 is 0 Å². The van der Waals surface area contributed by atoms with Crippen LogP contribution in [0.5, 0.6) is 0 Å². The lowest BCUT2D eigenvalue weighted by Gasteiger charge is -2.30. The molecule has 1 aliphatic carbocycles. The SMILES string of the molecule is COC[C@@H]1CCCN1/N=C(/C=C/c1ccccc1)C[C@H]1CCCC[C@@H]1C(=O)OC. The summed E-state index contributed by atoms with van der Waals surface area (Å²) in [5.41, 5.74) is 2.20. The molecule has 5 nitrogen and oxygen atoms in total.